The highest BCUT2D eigenvalue weighted by Crippen LogP contribution is 2.50. The van der Waals surface area contributed by atoms with Gasteiger partial charge < -0.3 is 5.11 Å². The molecule has 0 amide bonds. The van der Waals surface area contributed by atoms with Crippen LogP contribution in [0.4, 0.5) is 0 Å². The van der Waals surface area contributed by atoms with Crippen molar-refractivity contribution in [2.24, 2.45) is 0 Å². The second-order valence-electron chi connectivity index (χ2n) is 4.61. The Labute approximate surface area is 108 Å². The summed E-state index contributed by atoms with van der Waals surface area (Å²) in [5.41, 5.74) is 1.40. The fraction of sp³-hybridized carbons (Fsp3) is 0.308. The van der Waals surface area contributed by atoms with Gasteiger partial charge in [0.1, 0.15) is 15.4 Å². The van der Waals surface area contributed by atoms with E-state index in [9.17, 15) is 9.90 Å². The summed E-state index contributed by atoms with van der Waals surface area (Å²) in [6, 6.07) is 7.92. The van der Waals surface area contributed by atoms with E-state index in [-0.39, 0.29) is 0 Å². The zero-order valence-corrected chi connectivity index (χ0v) is 10.7. The summed E-state index contributed by atoms with van der Waals surface area (Å²) in [7, 11) is 0. The Bertz CT molecular complexity index is 617. The first-order valence-corrected chi connectivity index (χ1v) is 6.58. The molecule has 1 aliphatic carbocycles. The van der Waals surface area contributed by atoms with Crippen LogP contribution in [0.3, 0.4) is 0 Å². The van der Waals surface area contributed by atoms with E-state index >= 15 is 0 Å². The van der Waals surface area contributed by atoms with E-state index in [1.54, 1.807) is 0 Å². The number of carbonyl (C=O) groups is 1. The second-order valence-corrected chi connectivity index (χ2v) is 5.59. The molecule has 0 bridgehead atoms. The molecule has 0 atom stereocenters. The highest BCUT2D eigenvalue weighted by Gasteiger charge is 2.54. The van der Waals surface area contributed by atoms with E-state index in [2.05, 4.69) is 10.2 Å². The van der Waals surface area contributed by atoms with Gasteiger partial charge in [0, 0.05) is 5.56 Å². The Balaban J connectivity index is 2.01. The number of benzene rings is 1. The Morgan fingerprint density at radius 3 is 2.67 bits per heavy atom. The fourth-order valence-corrected chi connectivity index (χ4v) is 3.15. The molecule has 0 radical (unpaired) electrons. The monoisotopic (exact) mass is 260 g/mol. The molecule has 0 spiro atoms. The lowest BCUT2D eigenvalue weighted by molar-refractivity contribution is -0.140. The molecule has 3 rings (SSSR count). The number of carboxylic acid groups (broad SMARTS) is 1. The Kier molecular flexibility index (Phi) is 2.45. The van der Waals surface area contributed by atoms with Crippen LogP contribution in [0.1, 0.15) is 23.4 Å². The molecule has 1 aromatic heterocycles. The highest BCUT2D eigenvalue weighted by atomic mass is 32.1. The lowest BCUT2D eigenvalue weighted by Crippen LogP contribution is -2.19. The summed E-state index contributed by atoms with van der Waals surface area (Å²) in [6.45, 7) is 2.01. The predicted octanol–water partition coefficient (Wildman–Crippen LogP) is 2.63. The van der Waals surface area contributed by atoms with Crippen LogP contribution < -0.4 is 0 Å². The van der Waals surface area contributed by atoms with Crippen molar-refractivity contribution in [3.8, 4) is 10.6 Å². The number of rotatable bonds is 3. The smallest absolute Gasteiger partial charge is 0.316 e. The Hall–Kier alpha value is -1.75. The standard InChI is InChI=1S/C13H12N2O2S/c1-8-4-2-3-5-9(8)10-14-15-11(18-10)13(6-7-13)12(16)17/h2-5H,6-7H2,1H3,(H,16,17). The molecule has 18 heavy (non-hydrogen) atoms. The van der Waals surface area contributed by atoms with E-state index in [1.807, 2.05) is 31.2 Å². The van der Waals surface area contributed by atoms with Crippen LogP contribution in [0.25, 0.3) is 10.6 Å². The Morgan fingerprint density at radius 2 is 2.06 bits per heavy atom. The van der Waals surface area contributed by atoms with Crippen LogP contribution in [0, 0.1) is 6.92 Å². The molecular weight excluding hydrogens is 248 g/mol. The number of aromatic nitrogens is 2. The highest BCUT2D eigenvalue weighted by molar-refractivity contribution is 7.15. The largest absolute Gasteiger partial charge is 0.481 e. The third-order valence-corrected chi connectivity index (χ3v) is 4.53. The molecular formula is C13H12N2O2S. The molecule has 1 heterocycles. The van der Waals surface area contributed by atoms with E-state index in [0.29, 0.717) is 17.8 Å². The summed E-state index contributed by atoms with van der Waals surface area (Å²) in [4.78, 5) is 11.2. The maximum atomic E-state index is 11.2. The van der Waals surface area contributed by atoms with E-state index < -0.39 is 11.4 Å². The molecule has 4 nitrogen and oxygen atoms in total. The summed E-state index contributed by atoms with van der Waals surface area (Å²) < 4.78 is 0. The van der Waals surface area contributed by atoms with E-state index in [1.165, 1.54) is 11.3 Å². The van der Waals surface area contributed by atoms with Crippen LogP contribution in [0.2, 0.25) is 0 Å². The molecule has 0 unspecified atom stereocenters. The minimum atomic E-state index is -0.782. The van der Waals surface area contributed by atoms with Crippen molar-refractivity contribution in [3.63, 3.8) is 0 Å². The number of hydrogen-bond acceptors (Lipinski definition) is 4. The summed E-state index contributed by atoms with van der Waals surface area (Å²) in [5, 5.41) is 18.9. The van der Waals surface area contributed by atoms with Gasteiger partial charge >= 0.3 is 5.97 Å². The second kappa shape index (κ2) is 3.88. The molecule has 0 aliphatic heterocycles. The van der Waals surface area contributed by atoms with E-state index in [0.717, 1.165) is 16.1 Å². The van der Waals surface area contributed by atoms with Crippen LogP contribution in [-0.4, -0.2) is 21.3 Å². The van der Waals surface area contributed by atoms with Gasteiger partial charge in [-0.25, -0.2) is 0 Å². The van der Waals surface area contributed by atoms with Gasteiger partial charge in [-0.05, 0) is 25.3 Å². The quantitative estimate of drug-likeness (QED) is 0.921. The lowest BCUT2D eigenvalue weighted by Gasteiger charge is -2.03. The number of hydrogen-bond donors (Lipinski definition) is 1. The van der Waals surface area contributed by atoms with Crippen LogP contribution in [0.15, 0.2) is 24.3 Å². The van der Waals surface area contributed by atoms with Gasteiger partial charge in [0.25, 0.3) is 0 Å². The predicted molar refractivity (Wildman–Crippen MR) is 68.6 cm³/mol. The van der Waals surface area contributed by atoms with Gasteiger partial charge in [0.15, 0.2) is 0 Å². The Morgan fingerprint density at radius 1 is 1.33 bits per heavy atom. The minimum Gasteiger partial charge on any atom is -0.481 e. The molecule has 1 fully saturated rings. The topological polar surface area (TPSA) is 63.1 Å². The van der Waals surface area contributed by atoms with Crippen molar-refractivity contribution in [3.05, 3.63) is 34.8 Å². The van der Waals surface area contributed by atoms with Crippen molar-refractivity contribution in [1.29, 1.82) is 0 Å². The summed E-state index contributed by atoms with van der Waals surface area (Å²) in [5.74, 6) is -0.782. The molecule has 1 saturated carbocycles. The van der Waals surface area contributed by atoms with Crippen molar-refractivity contribution in [2.75, 3.05) is 0 Å². The molecule has 5 heteroatoms. The molecule has 0 saturated heterocycles. The normalized spacial score (nSPS) is 16.5. The third kappa shape index (κ3) is 1.62. The fourth-order valence-electron chi connectivity index (χ4n) is 1.98. The van der Waals surface area contributed by atoms with Gasteiger partial charge in [0.2, 0.25) is 0 Å². The van der Waals surface area contributed by atoms with Crippen LogP contribution >= 0.6 is 11.3 Å². The number of aliphatic carboxylic acids is 1. The first-order chi connectivity index (χ1) is 8.63. The average molecular weight is 260 g/mol. The minimum absolute atomic E-state index is 0.633. The lowest BCUT2D eigenvalue weighted by atomic mass is 10.1. The van der Waals surface area contributed by atoms with Gasteiger partial charge in [-0.3, -0.25) is 4.79 Å². The first kappa shape index (κ1) is 11.3. The summed E-state index contributed by atoms with van der Waals surface area (Å²) >= 11 is 1.39. The van der Waals surface area contributed by atoms with Gasteiger partial charge in [-0.1, -0.05) is 35.6 Å². The average Bonchev–Trinajstić information content (AvgIpc) is 3.03. The van der Waals surface area contributed by atoms with Crippen molar-refractivity contribution in [2.45, 2.75) is 25.2 Å². The molecule has 2 aromatic rings. The van der Waals surface area contributed by atoms with E-state index in [4.69, 9.17) is 0 Å². The zero-order chi connectivity index (χ0) is 12.8. The van der Waals surface area contributed by atoms with Crippen molar-refractivity contribution >= 4 is 17.3 Å². The maximum Gasteiger partial charge on any atom is 0.316 e. The summed E-state index contributed by atoms with van der Waals surface area (Å²) in [6.07, 6.45) is 1.34. The van der Waals surface area contributed by atoms with Gasteiger partial charge in [-0.15, -0.1) is 10.2 Å². The zero-order valence-electron chi connectivity index (χ0n) is 9.88. The van der Waals surface area contributed by atoms with Gasteiger partial charge in [-0.2, -0.15) is 0 Å². The van der Waals surface area contributed by atoms with Crippen LogP contribution in [0.5, 0.6) is 0 Å². The molecule has 1 aliphatic rings. The van der Waals surface area contributed by atoms with Gasteiger partial charge in [0.05, 0.1) is 0 Å². The number of aryl methyl sites for hydroxylation is 1. The number of carboxylic acids is 1. The molecule has 1 N–H and O–H groups in total. The maximum absolute atomic E-state index is 11.2. The molecule has 1 aromatic carbocycles. The van der Waals surface area contributed by atoms with Crippen molar-refractivity contribution in [1.82, 2.24) is 10.2 Å². The first-order valence-electron chi connectivity index (χ1n) is 5.77. The third-order valence-electron chi connectivity index (χ3n) is 3.37. The van der Waals surface area contributed by atoms with Crippen LogP contribution in [-0.2, 0) is 10.2 Å². The molecule has 92 valence electrons. The SMILES string of the molecule is Cc1ccccc1-c1nnc(C2(C(=O)O)CC2)s1. The number of nitrogens with zero attached hydrogens (tertiary/aromatic N) is 2. The van der Waals surface area contributed by atoms with Crippen molar-refractivity contribution < 1.29 is 9.90 Å².